The largest absolute Gasteiger partial charge is 0.347 e. The van der Waals surface area contributed by atoms with Gasteiger partial charge in [0.1, 0.15) is 0 Å². The summed E-state index contributed by atoms with van der Waals surface area (Å²) in [6, 6.07) is 4.09. The lowest BCUT2D eigenvalue weighted by Gasteiger charge is -2.28. The van der Waals surface area contributed by atoms with Gasteiger partial charge < -0.3 is 16.0 Å². The van der Waals surface area contributed by atoms with Crippen LogP contribution in [0.2, 0.25) is 0 Å². The molecule has 3 N–H and O–H groups in total. The van der Waals surface area contributed by atoms with Gasteiger partial charge in [-0.2, -0.15) is 0 Å². The summed E-state index contributed by atoms with van der Waals surface area (Å²) in [4.78, 5) is 24.3. The van der Waals surface area contributed by atoms with Crippen molar-refractivity contribution >= 4 is 17.5 Å². The van der Waals surface area contributed by atoms with Gasteiger partial charge in [-0.3, -0.25) is 9.59 Å². The molecule has 1 aromatic carbocycles. The fourth-order valence-corrected chi connectivity index (χ4v) is 3.64. The zero-order chi connectivity index (χ0) is 18.4. The van der Waals surface area contributed by atoms with Crippen LogP contribution in [0.4, 0.5) is 5.69 Å². The van der Waals surface area contributed by atoms with Crippen LogP contribution in [-0.2, 0) is 9.59 Å². The minimum absolute atomic E-state index is 0.0151. The molecule has 2 rings (SSSR count). The van der Waals surface area contributed by atoms with E-state index < -0.39 is 0 Å². The van der Waals surface area contributed by atoms with E-state index in [4.69, 9.17) is 0 Å². The summed E-state index contributed by atoms with van der Waals surface area (Å²) < 4.78 is 0. The molecule has 0 spiro atoms. The lowest BCUT2D eigenvalue weighted by Crippen LogP contribution is -2.37. The highest BCUT2D eigenvalue weighted by Gasteiger charge is 2.22. The number of nitrogens with one attached hydrogen (secondary N) is 3. The average Bonchev–Trinajstić information content (AvgIpc) is 2.57. The van der Waals surface area contributed by atoms with Gasteiger partial charge >= 0.3 is 0 Å². The third kappa shape index (κ3) is 5.85. The van der Waals surface area contributed by atoms with Crippen molar-refractivity contribution in [3.63, 3.8) is 0 Å². The standard InChI is InChI=1S/C20H31N3O2/c1-13-8-15(3)20(16(4)9-13)23-19(25)12-22-18(24)10-14(2)17-6-5-7-21-11-17/h8-9,14,17,21H,5-7,10-12H2,1-4H3,(H,22,24)(H,23,25). The van der Waals surface area contributed by atoms with E-state index in [-0.39, 0.29) is 18.4 Å². The van der Waals surface area contributed by atoms with E-state index >= 15 is 0 Å². The first-order valence-electron chi connectivity index (χ1n) is 9.22. The van der Waals surface area contributed by atoms with Crippen LogP contribution in [0.25, 0.3) is 0 Å². The predicted octanol–water partition coefficient (Wildman–Crippen LogP) is 2.69. The fraction of sp³-hybridized carbons (Fsp3) is 0.600. The molecule has 2 atom stereocenters. The topological polar surface area (TPSA) is 70.2 Å². The maximum Gasteiger partial charge on any atom is 0.243 e. The van der Waals surface area contributed by atoms with Crippen LogP contribution in [0.1, 0.15) is 42.9 Å². The summed E-state index contributed by atoms with van der Waals surface area (Å²) in [5.74, 6) is 0.643. The van der Waals surface area contributed by atoms with Gasteiger partial charge in [-0.05, 0) is 69.7 Å². The van der Waals surface area contributed by atoms with E-state index in [1.165, 1.54) is 18.4 Å². The van der Waals surface area contributed by atoms with E-state index in [0.717, 1.165) is 29.9 Å². The highest BCUT2D eigenvalue weighted by molar-refractivity contribution is 5.95. The van der Waals surface area contributed by atoms with Crippen molar-refractivity contribution in [3.05, 3.63) is 28.8 Å². The average molecular weight is 345 g/mol. The zero-order valence-corrected chi connectivity index (χ0v) is 15.9. The van der Waals surface area contributed by atoms with Gasteiger partial charge in [0, 0.05) is 12.1 Å². The van der Waals surface area contributed by atoms with Crippen LogP contribution in [0.5, 0.6) is 0 Å². The van der Waals surface area contributed by atoms with Crippen LogP contribution in [0, 0.1) is 32.6 Å². The highest BCUT2D eigenvalue weighted by atomic mass is 16.2. The molecule has 1 heterocycles. The summed E-state index contributed by atoms with van der Waals surface area (Å²) in [5.41, 5.74) is 4.09. The Hall–Kier alpha value is -1.88. The van der Waals surface area contributed by atoms with Gasteiger partial charge in [-0.15, -0.1) is 0 Å². The molecule has 1 aliphatic heterocycles. The monoisotopic (exact) mass is 345 g/mol. The quantitative estimate of drug-likeness (QED) is 0.742. The van der Waals surface area contributed by atoms with Crippen molar-refractivity contribution in [2.24, 2.45) is 11.8 Å². The van der Waals surface area contributed by atoms with Crippen molar-refractivity contribution in [2.75, 3.05) is 25.0 Å². The molecule has 1 aliphatic rings. The summed E-state index contributed by atoms with van der Waals surface area (Å²) >= 11 is 0. The number of piperidine rings is 1. The molecular formula is C20H31N3O2. The number of amides is 2. The lowest BCUT2D eigenvalue weighted by atomic mass is 9.85. The van der Waals surface area contributed by atoms with Gasteiger partial charge in [0.2, 0.25) is 11.8 Å². The molecule has 5 heteroatoms. The van der Waals surface area contributed by atoms with Crippen molar-refractivity contribution in [2.45, 2.75) is 47.0 Å². The van der Waals surface area contributed by atoms with Crippen LogP contribution < -0.4 is 16.0 Å². The maximum absolute atomic E-state index is 12.2. The number of carbonyl (C=O) groups excluding carboxylic acids is 2. The molecule has 1 saturated heterocycles. The third-order valence-electron chi connectivity index (χ3n) is 5.03. The number of benzene rings is 1. The molecule has 1 aromatic rings. The van der Waals surface area contributed by atoms with Crippen LogP contribution in [0.15, 0.2) is 12.1 Å². The Kier molecular flexibility index (Phi) is 7.00. The minimum Gasteiger partial charge on any atom is -0.347 e. The Bertz CT molecular complexity index is 598. The molecule has 25 heavy (non-hydrogen) atoms. The molecule has 0 aromatic heterocycles. The number of rotatable bonds is 6. The normalized spacial score (nSPS) is 18.5. The van der Waals surface area contributed by atoms with E-state index in [9.17, 15) is 9.59 Å². The number of aryl methyl sites for hydroxylation is 3. The van der Waals surface area contributed by atoms with E-state index in [1.807, 2.05) is 32.9 Å². The van der Waals surface area contributed by atoms with Crippen LogP contribution in [-0.4, -0.2) is 31.4 Å². The van der Waals surface area contributed by atoms with Crippen LogP contribution >= 0.6 is 0 Å². The molecule has 138 valence electrons. The molecule has 0 radical (unpaired) electrons. The van der Waals surface area contributed by atoms with E-state index in [0.29, 0.717) is 18.3 Å². The summed E-state index contributed by atoms with van der Waals surface area (Å²) in [6.45, 7) is 10.2. The number of anilines is 1. The molecule has 0 bridgehead atoms. The summed E-state index contributed by atoms with van der Waals surface area (Å²) in [5, 5.41) is 9.05. The number of hydrogen-bond acceptors (Lipinski definition) is 3. The Labute approximate surface area is 151 Å². The van der Waals surface area contributed by atoms with E-state index in [2.05, 4.69) is 22.9 Å². The van der Waals surface area contributed by atoms with Gasteiger partial charge in [0.15, 0.2) is 0 Å². The van der Waals surface area contributed by atoms with Gasteiger partial charge in [-0.1, -0.05) is 24.6 Å². The Morgan fingerprint density at radius 3 is 2.48 bits per heavy atom. The fourth-order valence-electron chi connectivity index (χ4n) is 3.64. The smallest absolute Gasteiger partial charge is 0.243 e. The van der Waals surface area contributed by atoms with E-state index in [1.54, 1.807) is 0 Å². The second-order valence-corrected chi connectivity index (χ2v) is 7.39. The number of carbonyl (C=O) groups is 2. The van der Waals surface area contributed by atoms with Crippen molar-refractivity contribution in [1.29, 1.82) is 0 Å². The molecule has 0 saturated carbocycles. The highest BCUT2D eigenvalue weighted by Crippen LogP contribution is 2.23. The minimum atomic E-state index is -0.185. The first-order valence-corrected chi connectivity index (χ1v) is 9.22. The molecule has 2 unspecified atom stereocenters. The second kappa shape index (κ2) is 8.99. The van der Waals surface area contributed by atoms with Crippen molar-refractivity contribution in [3.8, 4) is 0 Å². The predicted molar refractivity (Wildman–Crippen MR) is 102 cm³/mol. The van der Waals surface area contributed by atoms with Crippen molar-refractivity contribution < 1.29 is 9.59 Å². The summed E-state index contributed by atoms with van der Waals surface area (Å²) in [7, 11) is 0. The Morgan fingerprint density at radius 2 is 1.88 bits per heavy atom. The van der Waals surface area contributed by atoms with Crippen LogP contribution in [0.3, 0.4) is 0 Å². The molecule has 1 fully saturated rings. The number of hydrogen-bond donors (Lipinski definition) is 3. The zero-order valence-electron chi connectivity index (χ0n) is 15.9. The SMILES string of the molecule is Cc1cc(C)c(NC(=O)CNC(=O)CC(C)C2CCCNC2)c(C)c1. The lowest BCUT2D eigenvalue weighted by molar-refractivity contribution is -0.125. The Balaban J connectivity index is 1.78. The first-order chi connectivity index (χ1) is 11.9. The second-order valence-electron chi connectivity index (χ2n) is 7.39. The van der Waals surface area contributed by atoms with Gasteiger partial charge in [0.05, 0.1) is 6.54 Å². The molecular weight excluding hydrogens is 314 g/mol. The Morgan fingerprint density at radius 1 is 1.20 bits per heavy atom. The third-order valence-corrected chi connectivity index (χ3v) is 5.03. The van der Waals surface area contributed by atoms with Crippen molar-refractivity contribution in [1.82, 2.24) is 10.6 Å². The molecule has 0 aliphatic carbocycles. The summed E-state index contributed by atoms with van der Waals surface area (Å²) in [6.07, 6.45) is 2.82. The maximum atomic E-state index is 12.2. The molecule has 5 nitrogen and oxygen atoms in total. The first kappa shape index (κ1) is 19.4. The van der Waals surface area contributed by atoms with Gasteiger partial charge in [-0.25, -0.2) is 0 Å². The molecule has 2 amide bonds. The van der Waals surface area contributed by atoms with Gasteiger partial charge in [0.25, 0.3) is 0 Å².